The van der Waals surface area contributed by atoms with Crippen LogP contribution in [-0.2, 0) is 20.0 Å². The number of rotatable bonds is 5. The highest BCUT2D eigenvalue weighted by Crippen LogP contribution is 2.26. The summed E-state index contributed by atoms with van der Waals surface area (Å²) in [4.78, 5) is 2.64. The van der Waals surface area contributed by atoms with Gasteiger partial charge in [0, 0.05) is 46.3 Å². The van der Waals surface area contributed by atoms with Gasteiger partial charge in [0.05, 0.1) is 9.79 Å². The van der Waals surface area contributed by atoms with Crippen LogP contribution in [0.25, 0.3) is 0 Å². The van der Waals surface area contributed by atoms with E-state index in [0.29, 0.717) is 19.1 Å². The quantitative estimate of drug-likeness (QED) is 0.741. The zero-order valence-corrected chi connectivity index (χ0v) is 17.0. The van der Waals surface area contributed by atoms with Crippen LogP contribution >= 0.6 is 0 Å². The monoisotopic (exact) mass is 401 g/mol. The van der Waals surface area contributed by atoms with E-state index in [4.69, 9.17) is 0 Å². The van der Waals surface area contributed by atoms with Gasteiger partial charge in [-0.15, -0.1) is 0 Å². The van der Waals surface area contributed by atoms with Crippen LogP contribution < -0.4 is 0 Å². The van der Waals surface area contributed by atoms with Crippen LogP contribution in [0.2, 0.25) is 0 Å². The van der Waals surface area contributed by atoms with Crippen molar-refractivity contribution < 1.29 is 16.8 Å². The molecule has 3 rings (SSSR count). The van der Waals surface area contributed by atoms with Gasteiger partial charge in [-0.25, -0.2) is 21.1 Å². The van der Waals surface area contributed by atoms with Crippen LogP contribution in [0.3, 0.4) is 0 Å². The molecular weight excluding hydrogens is 374 g/mol. The molecule has 0 N–H and O–H groups in total. The van der Waals surface area contributed by atoms with Crippen molar-refractivity contribution in [3.05, 3.63) is 24.3 Å². The first-order valence-corrected chi connectivity index (χ1v) is 11.9. The van der Waals surface area contributed by atoms with Crippen molar-refractivity contribution in [1.29, 1.82) is 0 Å². The second-order valence-electron chi connectivity index (χ2n) is 7.14. The molecule has 0 unspecified atom stereocenters. The molecule has 1 aromatic rings. The van der Waals surface area contributed by atoms with E-state index in [2.05, 4.69) is 4.90 Å². The molecule has 1 saturated heterocycles. The Kier molecular flexibility index (Phi) is 5.74. The lowest BCUT2D eigenvalue weighted by Crippen LogP contribution is -2.51. The minimum atomic E-state index is -3.59. The van der Waals surface area contributed by atoms with E-state index in [-0.39, 0.29) is 9.79 Å². The van der Waals surface area contributed by atoms with E-state index < -0.39 is 20.0 Å². The van der Waals surface area contributed by atoms with Crippen molar-refractivity contribution in [2.75, 3.05) is 40.3 Å². The van der Waals surface area contributed by atoms with Gasteiger partial charge in [-0.3, -0.25) is 4.90 Å². The van der Waals surface area contributed by atoms with E-state index in [1.807, 2.05) is 0 Å². The average molecular weight is 402 g/mol. The van der Waals surface area contributed by atoms with E-state index in [0.717, 1.165) is 17.4 Å². The van der Waals surface area contributed by atoms with Gasteiger partial charge in [0.15, 0.2) is 0 Å². The van der Waals surface area contributed by atoms with Crippen molar-refractivity contribution in [3.8, 4) is 0 Å². The maximum Gasteiger partial charge on any atom is 0.243 e. The molecule has 26 heavy (non-hydrogen) atoms. The van der Waals surface area contributed by atoms with E-state index in [9.17, 15) is 16.8 Å². The molecule has 7 nitrogen and oxygen atoms in total. The van der Waals surface area contributed by atoms with Crippen LogP contribution in [0.4, 0.5) is 0 Å². The van der Waals surface area contributed by atoms with Crippen molar-refractivity contribution in [3.63, 3.8) is 0 Å². The number of piperazine rings is 1. The first kappa shape index (κ1) is 19.8. The van der Waals surface area contributed by atoms with Crippen molar-refractivity contribution in [2.24, 2.45) is 0 Å². The van der Waals surface area contributed by atoms with Crippen molar-refractivity contribution in [2.45, 2.75) is 41.5 Å². The normalized spacial score (nSPS) is 21.5. The molecule has 0 atom stereocenters. The van der Waals surface area contributed by atoms with Crippen LogP contribution in [0.15, 0.2) is 34.1 Å². The molecule has 0 bridgehead atoms. The molecule has 1 aliphatic heterocycles. The Morgan fingerprint density at radius 3 is 1.85 bits per heavy atom. The zero-order valence-electron chi connectivity index (χ0n) is 15.3. The minimum absolute atomic E-state index is 0.0903. The molecule has 2 aliphatic rings. The van der Waals surface area contributed by atoms with Crippen LogP contribution in [0, 0.1) is 0 Å². The van der Waals surface area contributed by atoms with Crippen molar-refractivity contribution in [1.82, 2.24) is 13.5 Å². The molecule has 9 heteroatoms. The lowest BCUT2D eigenvalue weighted by molar-refractivity contribution is 0.139. The van der Waals surface area contributed by atoms with Crippen molar-refractivity contribution >= 4 is 20.0 Å². The topological polar surface area (TPSA) is 78.0 Å². The number of hydrogen-bond donors (Lipinski definition) is 0. The lowest BCUT2D eigenvalue weighted by Gasteiger charge is -2.37. The Bertz CT molecular complexity index is 821. The highest BCUT2D eigenvalue weighted by atomic mass is 32.2. The third-order valence-electron chi connectivity index (χ3n) is 5.35. The highest BCUT2D eigenvalue weighted by Gasteiger charge is 2.32. The van der Waals surface area contributed by atoms with E-state index in [1.54, 1.807) is 0 Å². The molecule has 1 aromatic carbocycles. The Morgan fingerprint density at radius 2 is 1.35 bits per heavy atom. The molecular formula is C17H27N3O4S2. The van der Waals surface area contributed by atoms with Gasteiger partial charge in [-0.05, 0) is 37.1 Å². The highest BCUT2D eigenvalue weighted by molar-refractivity contribution is 7.89. The Morgan fingerprint density at radius 1 is 0.846 bits per heavy atom. The fourth-order valence-electron chi connectivity index (χ4n) is 3.72. The van der Waals surface area contributed by atoms with Gasteiger partial charge in [0.2, 0.25) is 20.0 Å². The van der Waals surface area contributed by atoms with Crippen LogP contribution in [-0.4, -0.2) is 76.7 Å². The van der Waals surface area contributed by atoms with E-state index >= 15 is 0 Å². The van der Waals surface area contributed by atoms with Gasteiger partial charge in [0.25, 0.3) is 0 Å². The number of sulfonamides is 2. The van der Waals surface area contributed by atoms with Crippen LogP contribution in [0.5, 0.6) is 0 Å². The summed E-state index contributed by atoms with van der Waals surface area (Å²) in [6.07, 6.45) is 4.97. The number of hydrogen-bond acceptors (Lipinski definition) is 5. The van der Waals surface area contributed by atoms with E-state index in [1.165, 1.54) is 68.3 Å². The molecule has 1 aliphatic carbocycles. The largest absolute Gasteiger partial charge is 0.298 e. The molecule has 1 heterocycles. The summed E-state index contributed by atoms with van der Waals surface area (Å²) in [6.45, 7) is 2.49. The summed E-state index contributed by atoms with van der Waals surface area (Å²) < 4.78 is 52.6. The summed E-state index contributed by atoms with van der Waals surface area (Å²) in [5.41, 5.74) is 0. The smallest absolute Gasteiger partial charge is 0.243 e. The number of benzene rings is 1. The second-order valence-corrected chi connectivity index (χ2v) is 11.2. The molecule has 0 radical (unpaired) electrons. The molecule has 0 amide bonds. The summed E-state index contributed by atoms with van der Waals surface area (Å²) >= 11 is 0. The van der Waals surface area contributed by atoms with Crippen LogP contribution in [0.1, 0.15) is 25.7 Å². The second kappa shape index (κ2) is 7.55. The predicted molar refractivity (Wildman–Crippen MR) is 99.9 cm³/mol. The maximum absolute atomic E-state index is 12.9. The molecule has 0 aromatic heterocycles. The SMILES string of the molecule is CN(C)S(=O)(=O)c1ccc(S(=O)(=O)N2CCN(C3CCCC3)CC2)cc1. The summed E-state index contributed by atoms with van der Waals surface area (Å²) in [6, 6.07) is 6.09. The van der Waals surface area contributed by atoms with Gasteiger partial charge in [-0.2, -0.15) is 4.31 Å². The predicted octanol–water partition coefficient (Wildman–Crippen LogP) is 1.19. The molecule has 2 fully saturated rings. The Labute approximate surface area is 156 Å². The standard InChI is InChI=1S/C17H27N3O4S2/c1-18(2)25(21,22)16-7-9-17(10-8-16)26(23,24)20-13-11-19(12-14-20)15-5-3-4-6-15/h7-10,15H,3-6,11-14H2,1-2H3. The fourth-order valence-corrected chi connectivity index (χ4v) is 6.05. The zero-order chi connectivity index (χ0) is 18.9. The Balaban J connectivity index is 1.70. The number of nitrogens with zero attached hydrogens (tertiary/aromatic N) is 3. The fraction of sp³-hybridized carbons (Fsp3) is 0.647. The van der Waals surface area contributed by atoms with Gasteiger partial charge < -0.3 is 0 Å². The van der Waals surface area contributed by atoms with Gasteiger partial charge in [-0.1, -0.05) is 12.8 Å². The summed E-state index contributed by atoms with van der Waals surface area (Å²) in [5, 5.41) is 0. The summed E-state index contributed by atoms with van der Waals surface area (Å²) in [7, 11) is -4.26. The lowest BCUT2D eigenvalue weighted by atomic mass is 10.2. The Hall–Kier alpha value is -1.00. The third-order valence-corrected chi connectivity index (χ3v) is 9.10. The average Bonchev–Trinajstić information content (AvgIpc) is 3.16. The van der Waals surface area contributed by atoms with Gasteiger partial charge >= 0.3 is 0 Å². The molecule has 146 valence electrons. The maximum atomic E-state index is 12.9. The molecule has 0 spiro atoms. The van der Waals surface area contributed by atoms with Gasteiger partial charge in [0.1, 0.15) is 0 Å². The summed E-state index contributed by atoms with van der Waals surface area (Å²) in [5.74, 6) is 0. The molecule has 1 saturated carbocycles. The first-order chi connectivity index (χ1) is 12.2. The first-order valence-electron chi connectivity index (χ1n) is 9.00. The third kappa shape index (κ3) is 3.82. The minimum Gasteiger partial charge on any atom is -0.298 e.